The van der Waals surface area contributed by atoms with Crippen molar-refractivity contribution in [1.82, 2.24) is 4.98 Å². The lowest BCUT2D eigenvalue weighted by Crippen LogP contribution is -2.29. The van der Waals surface area contributed by atoms with Crippen LogP contribution in [0.3, 0.4) is 0 Å². The lowest BCUT2D eigenvalue weighted by atomic mass is 9.95. The molecule has 5 rings (SSSR count). The maximum absolute atomic E-state index is 13.6. The van der Waals surface area contributed by atoms with Crippen LogP contribution in [0.1, 0.15) is 61.4 Å². The average molecular weight is 571 g/mol. The molecule has 0 spiro atoms. The molecule has 0 saturated carbocycles. The number of ether oxygens (including phenoxy) is 2. The van der Waals surface area contributed by atoms with Gasteiger partial charge in [0.25, 0.3) is 5.78 Å². The fraction of sp³-hybridized carbons (Fsp3) is 0.303. The van der Waals surface area contributed by atoms with Crippen LogP contribution >= 0.6 is 11.3 Å². The van der Waals surface area contributed by atoms with Gasteiger partial charge in [0.05, 0.1) is 35.0 Å². The lowest BCUT2D eigenvalue weighted by Gasteiger charge is -2.23. The van der Waals surface area contributed by atoms with E-state index in [0.29, 0.717) is 41.0 Å². The molecule has 1 aromatic heterocycles. The predicted octanol–water partition coefficient (Wildman–Crippen LogP) is 7.51. The Hall–Kier alpha value is -4.17. The van der Waals surface area contributed by atoms with Crippen LogP contribution in [-0.4, -0.2) is 35.0 Å². The number of nitrogens with zero attached hydrogens (tertiary/aromatic N) is 2. The molecular weight excluding hydrogens is 536 g/mol. The molecule has 1 N–H and O–H groups in total. The van der Waals surface area contributed by atoms with Gasteiger partial charge in [-0.2, -0.15) is 0 Å². The summed E-state index contributed by atoms with van der Waals surface area (Å²) in [6.45, 7) is 9.31. The smallest absolute Gasteiger partial charge is 0.301 e. The van der Waals surface area contributed by atoms with E-state index < -0.39 is 17.7 Å². The summed E-state index contributed by atoms with van der Waals surface area (Å²) in [6, 6.07) is 17.4. The Morgan fingerprint density at radius 3 is 2.24 bits per heavy atom. The van der Waals surface area contributed by atoms with Gasteiger partial charge in [0.15, 0.2) is 5.13 Å². The quantitative estimate of drug-likeness (QED) is 0.0919. The standard InChI is InChI=1S/C33H34N2O5S/c1-5-7-17-40-25-12-8-22(9-13-25)29-27(30(36)23-10-14-24(15-11-23)39-16-6-2)31(37)32(38)35(29)33-34-28-21(4)18-20(3)19-26(28)41-33/h8-15,18-19,29,36H,5-7,16-17H2,1-4H3/b30-27+. The molecule has 7 nitrogen and oxygen atoms in total. The van der Waals surface area contributed by atoms with Crippen LogP contribution in [0.4, 0.5) is 5.13 Å². The van der Waals surface area contributed by atoms with Crippen LogP contribution in [0.25, 0.3) is 16.0 Å². The summed E-state index contributed by atoms with van der Waals surface area (Å²) in [5.74, 6) is -0.355. The monoisotopic (exact) mass is 570 g/mol. The highest BCUT2D eigenvalue weighted by Crippen LogP contribution is 2.45. The SMILES string of the molecule is CCCCOc1ccc(C2/C(=C(\O)c3ccc(OCCC)cc3)C(=O)C(=O)N2c2nc3c(C)cc(C)cc3s2)cc1. The number of fused-ring (bicyclic) bond motifs is 1. The van der Waals surface area contributed by atoms with Crippen LogP contribution in [-0.2, 0) is 9.59 Å². The third-order valence-corrected chi connectivity index (χ3v) is 8.03. The normalized spacial score (nSPS) is 16.5. The summed E-state index contributed by atoms with van der Waals surface area (Å²) in [5.41, 5.74) is 3.99. The van der Waals surface area contributed by atoms with Gasteiger partial charge < -0.3 is 14.6 Å². The highest BCUT2D eigenvalue weighted by molar-refractivity contribution is 7.22. The van der Waals surface area contributed by atoms with Crippen molar-refractivity contribution in [3.8, 4) is 11.5 Å². The molecule has 0 bridgehead atoms. The largest absolute Gasteiger partial charge is 0.507 e. The van der Waals surface area contributed by atoms with E-state index in [4.69, 9.17) is 14.5 Å². The molecule has 8 heteroatoms. The molecule has 1 unspecified atom stereocenters. The van der Waals surface area contributed by atoms with Crippen molar-refractivity contribution >= 4 is 44.1 Å². The summed E-state index contributed by atoms with van der Waals surface area (Å²) in [7, 11) is 0. The molecule has 3 aromatic carbocycles. The van der Waals surface area contributed by atoms with Crippen LogP contribution in [0, 0.1) is 13.8 Å². The van der Waals surface area contributed by atoms with E-state index in [1.807, 2.05) is 57.2 Å². The van der Waals surface area contributed by atoms with Gasteiger partial charge in [0.2, 0.25) is 0 Å². The number of thiazole rings is 1. The molecule has 212 valence electrons. The number of Topliss-reactive ketones (excluding diaryl/α,β-unsaturated/α-hetero) is 1. The topological polar surface area (TPSA) is 89.0 Å². The highest BCUT2D eigenvalue weighted by atomic mass is 32.1. The van der Waals surface area contributed by atoms with Crippen LogP contribution < -0.4 is 14.4 Å². The van der Waals surface area contributed by atoms with E-state index >= 15 is 0 Å². The molecule has 1 saturated heterocycles. The number of carbonyl (C=O) groups is 2. The first kappa shape index (κ1) is 28.4. The van der Waals surface area contributed by atoms with Crippen molar-refractivity contribution in [1.29, 1.82) is 0 Å². The zero-order valence-corrected chi connectivity index (χ0v) is 24.6. The Morgan fingerprint density at radius 1 is 0.927 bits per heavy atom. The number of carbonyl (C=O) groups excluding carboxylic acids is 2. The van der Waals surface area contributed by atoms with Crippen molar-refractivity contribution in [2.24, 2.45) is 0 Å². The molecule has 4 aromatic rings. The van der Waals surface area contributed by atoms with Gasteiger partial charge in [-0.25, -0.2) is 4.98 Å². The Balaban J connectivity index is 1.61. The van der Waals surface area contributed by atoms with Crippen molar-refractivity contribution in [2.45, 2.75) is 53.0 Å². The van der Waals surface area contributed by atoms with E-state index in [2.05, 4.69) is 6.92 Å². The number of ketones is 1. The average Bonchev–Trinajstić information content (AvgIpc) is 3.50. The van der Waals surface area contributed by atoms with Crippen LogP contribution in [0.15, 0.2) is 66.2 Å². The summed E-state index contributed by atoms with van der Waals surface area (Å²) >= 11 is 1.36. The van der Waals surface area contributed by atoms with Gasteiger partial charge in [-0.3, -0.25) is 14.5 Å². The minimum absolute atomic E-state index is 0.0176. The van der Waals surface area contributed by atoms with Crippen LogP contribution in [0.2, 0.25) is 0 Å². The molecular formula is C33H34N2O5S. The second kappa shape index (κ2) is 12.1. The summed E-state index contributed by atoms with van der Waals surface area (Å²) in [4.78, 5) is 33.4. The van der Waals surface area contributed by atoms with Crippen molar-refractivity contribution in [3.63, 3.8) is 0 Å². The van der Waals surface area contributed by atoms with Gasteiger partial charge in [-0.1, -0.05) is 49.8 Å². The number of hydrogen-bond acceptors (Lipinski definition) is 7. The fourth-order valence-electron chi connectivity index (χ4n) is 4.97. The predicted molar refractivity (Wildman–Crippen MR) is 163 cm³/mol. The van der Waals surface area contributed by atoms with Gasteiger partial charge in [0, 0.05) is 5.56 Å². The molecule has 1 aliphatic heterocycles. The Bertz CT molecular complexity index is 1610. The third kappa shape index (κ3) is 5.70. The lowest BCUT2D eigenvalue weighted by molar-refractivity contribution is -0.132. The summed E-state index contributed by atoms with van der Waals surface area (Å²) in [5, 5.41) is 11.9. The maximum atomic E-state index is 13.6. The molecule has 2 heterocycles. The van der Waals surface area contributed by atoms with Crippen LogP contribution in [0.5, 0.6) is 11.5 Å². The number of aliphatic hydroxyl groups is 1. The maximum Gasteiger partial charge on any atom is 0.301 e. The van der Waals surface area contributed by atoms with E-state index in [-0.39, 0.29) is 11.3 Å². The zero-order chi connectivity index (χ0) is 29.1. The van der Waals surface area contributed by atoms with Gasteiger partial charge in [0.1, 0.15) is 17.3 Å². The second-order valence-corrected chi connectivity index (χ2v) is 11.2. The molecule has 0 radical (unpaired) electrons. The Kier molecular flexibility index (Phi) is 8.40. The van der Waals surface area contributed by atoms with Gasteiger partial charge in [-0.05, 0) is 85.8 Å². The summed E-state index contributed by atoms with van der Waals surface area (Å²) < 4.78 is 12.4. The third-order valence-electron chi connectivity index (χ3n) is 7.03. The van der Waals surface area contributed by atoms with Crippen molar-refractivity contribution in [3.05, 3.63) is 88.5 Å². The first-order valence-corrected chi connectivity index (χ1v) is 14.8. The number of aromatic nitrogens is 1. The minimum Gasteiger partial charge on any atom is -0.507 e. The van der Waals surface area contributed by atoms with Crippen molar-refractivity contribution in [2.75, 3.05) is 18.1 Å². The number of aliphatic hydroxyl groups excluding tert-OH is 1. The van der Waals surface area contributed by atoms with E-state index in [0.717, 1.165) is 40.6 Å². The number of rotatable bonds is 10. The van der Waals surface area contributed by atoms with E-state index in [1.54, 1.807) is 24.3 Å². The second-order valence-electron chi connectivity index (χ2n) is 10.2. The number of amides is 1. The summed E-state index contributed by atoms with van der Waals surface area (Å²) in [6.07, 6.45) is 2.85. The van der Waals surface area contributed by atoms with Gasteiger partial charge >= 0.3 is 5.91 Å². The fourth-order valence-corrected chi connectivity index (χ4v) is 6.14. The molecule has 1 fully saturated rings. The van der Waals surface area contributed by atoms with Crippen molar-refractivity contribution < 1.29 is 24.2 Å². The number of anilines is 1. The number of benzene rings is 3. The van der Waals surface area contributed by atoms with E-state index in [1.165, 1.54) is 16.2 Å². The first-order valence-electron chi connectivity index (χ1n) is 14.0. The Labute approximate surface area is 244 Å². The zero-order valence-electron chi connectivity index (χ0n) is 23.8. The number of hydrogen-bond donors (Lipinski definition) is 1. The molecule has 1 aliphatic rings. The van der Waals surface area contributed by atoms with E-state index in [9.17, 15) is 14.7 Å². The van der Waals surface area contributed by atoms with Gasteiger partial charge in [-0.15, -0.1) is 0 Å². The highest BCUT2D eigenvalue weighted by Gasteiger charge is 2.48. The number of aryl methyl sites for hydroxylation is 2. The minimum atomic E-state index is -0.863. The first-order chi connectivity index (χ1) is 19.8. The number of unbranched alkanes of at least 4 members (excludes halogenated alkanes) is 1. The molecule has 1 atom stereocenters. The molecule has 1 amide bonds. The molecule has 0 aliphatic carbocycles. The Morgan fingerprint density at radius 2 is 1.59 bits per heavy atom. The molecule has 41 heavy (non-hydrogen) atoms.